The first-order valence-electron chi connectivity index (χ1n) is 9.71. The van der Waals surface area contributed by atoms with E-state index >= 15 is 0 Å². The summed E-state index contributed by atoms with van der Waals surface area (Å²) in [7, 11) is 0. The summed E-state index contributed by atoms with van der Waals surface area (Å²) in [5.74, 6) is 2.43. The number of para-hydroxylation sites is 4. The standard InChI is InChI=1S/C22H26O7S/c1-30-22(23)16-27-17-14-28-20-8-4-2-6-18(20)25-12-10-24-11-13-26-19-7-3-5-9-21(19)29-15-17/h2-9,17H,10-16H2,1H3. The van der Waals surface area contributed by atoms with E-state index in [9.17, 15) is 4.79 Å². The summed E-state index contributed by atoms with van der Waals surface area (Å²) in [6.45, 7) is 2.01. The Hall–Kier alpha value is -2.42. The first-order chi connectivity index (χ1) is 14.8. The van der Waals surface area contributed by atoms with E-state index in [4.69, 9.17) is 28.4 Å². The van der Waals surface area contributed by atoms with E-state index in [2.05, 4.69) is 0 Å². The highest BCUT2D eigenvalue weighted by molar-refractivity contribution is 8.13. The highest BCUT2D eigenvalue weighted by Gasteiger charge is 2.17. The van der Waals surface area contributed by atoms with Crippen LogP contribution in [-0.2, 0) is 14.3 Å². The van der Waals surface area contributed by atoms with Crippen LogP contribution in [-0.4, -0.2) is 63.7 Å². The van der Waals surface area contributed by atoms with Crippen LogP contribution in [0.3, 0.4) is 0 Å². The Morgan fingerprint density at radius 1 is 0.833 bits per heavy atom. The summed E-state index contributed by atoms with van der Waals surface area (Å²) in [6.07, 6.45) is 1.27. The van der Waals surface area contributed by atoms with Crippen LogP contribution in [0.15, 0.2) is 48.5 Å². The Morgan fingerprint density at radius 2 is 1.30 bits per heavy atom. The molecule has 0 saturated heterocycles. The molecule has 2 aromatic rings. The van der Waals surface area contributed by atoms with Crippen molar-refractivity contribution < 1.29 is 33.2 Å². The van der Waals surface area contributed by atoms with E-state index < -0.39 is 6.10 Å². The zero-order valence-electron chi connectivity index (χ0n) is 16.9. The Bertz CT molecular complexity index is 743. The molecular weight excluding hydrogens is 408 g/mol. The normalized spacial score (nSPS) is 16.0. The van der Waals surface area contributed by atoms with Gasteiger partial charge in [-0.1, -0.05) is 36.0 Å². The maximum atomic E-state index is 11.7. The number of benzene rings is 2. The average Bonchev–Trinajstić information content (AvgIpc) is 2.78. The minimum atomic E-state index is -0.460. The van der Waals surface area contributed by atoms with Gasteiger partial charge in [0, 0.05) is 0 Å². The van der Waals surface area contributed by atoms with Crippen molar-refractivity contribution in [3.05, 3.63) is 48.5 Å². The van der Waals surface area contributed by atoms with Crippen molar-refractivity contribution >= 4 is 16.9 Å². The van der Waals surface area contributed by atoms with Crippen LogP contribution in [0.5, 0.6) is 23.0 Å². The monoisotopic (exact) mass is 434 g/mol. The lowest BCUT2D eigenvalue weighted by Gasteiger charge is -2.21. The number of carbonyl (C=O) groups excluding carboxylic acids is 1. The van der Waals surface area contributed by atoms with E-state index in [0.29, 0.717) is 49.4 Å². The van der Waals surface area contributed by atoms with E-state index in [0.717, 1.165) is 11.8 Å². The van der Waals surface area contributed by atoms with Gasteiger partial charge in [0.15, 0.2) is 23.0 Å². The van der Waals surface area contributed by atoms with Crippen LogP contribution in [0.25, 0.3) is 0 Å². The molecule has 0 amide bonds. The fourth-order valence-corrected chi connectivity index (χ4v) is 2.84. The fourth-order valence-electron chi connectivity index (χ4n) is 2.66. The molecule has 1 aliphatic rings. The molecule has 0 atom stereocenters. The molecule has 8 heteroatoms. The third kappa shape index (κ3) is 7.12. The van der Waals surface area contributed by atoms with Gasteiger partial charge in [0.05, 0.1) is 13.2 Å². The summed E-state index contributed by atoms with van der Waals surface area (Å²) < 4.78 is 34.7. The molecule has 0 aliphatic carbocycles. The number of thioether (sulfide) groups is 1. The number of ether oxygens (including phenoxy) is 6. The first-order valence-corrected chi connectivity index (χ1v) is 10.9. The van der Waals surface area contributed by atoms with Crippen molar-refractivity contribution in [2.45, 2.75) is 6.10 Å². The summed E-state index contributed by atoms with van der Waals surface area (Å²) in [6, 6.07) is 14.8. The van der Waals surface area contributed by atoms with Crippen molar-refractivity contribution in [3.63, 3.8) is 0 Å². The molecule has 0 bridgehead atoms. The van der Waals surface area contributed by atoms with E-state index in [1.807, 2.05) is 48.5 Å². The smallest absolute Gasteiger partial charge is 0.214 e. The van der Waals surface area contributed by atoms with Gasteiger partial charge in [0.1, 0.15) is 39.1 Å². The predicted octanol–water partition coefficient (Wildman–Crippen LogP) is 3.21. The molecule has 0 N–H and O–H groups in total. The molecule has 7 nitrogen and oxygen atoms in total. The molecule has 1 aliphatic heterocycles. The van der Waals surface area contributed by atoms with Gasteiger partial charge in [-0.25, -0.2) is 0 Å². The first kappa shape index (κ1) is 22.3. The van der Waals surface area contributed by atoms with Crippen molar-refractivity contribution in [3.8, 4) is 23.0 Å². The topological polar surface area (TPSA) is 72.5 Å². The summed E-state index contributed by atoms with van der Waals surface area (Å²) >= 11 is 1.13. The second-order valence-electron chi connectivity index (χ2n) is 6.33. The zero-order valence-corrected chi connectivity index (χ0v) is 17.7. The van der Waals surface area contributed by atoms with Gasteiger partial charge < -0.3 is 28.4 Å². The minimum absolute atomic E-state index is 0.0216. The second kappa shape index (κ2) is 12.3. The third-order valence-corrected chi connectivity index (χ3v) is 4.76. The molecular formula is C22H26O7S. The van der Waals surface area contributed by atoms with Crippen LogP contribution in [0.2, 0.25) is 0 Å². The van der Waals surface area contributed by atoms with Crippen LogP contribution < -0.4 is 18.9 Å². The van der Waals surface area contributed by atoms with E-state index in [-0.39, 0.29) is 24.9 Å². The van der Waals surface area contributed by atoms with Crippen LogP contribution in [0, 0.1) is 0 Å². The molecule has 0 fully saturated rings. The molecule has 2 aromatic carbocycles. The molecule has 162 valence electrons. The Balaban J connectivity index is 1.73. The maximum absolute atomic E-state index is 11.7. The average molecular weight is 435 g/mol. The fraction of sp³-hybridized carbons (Fsp3) is 0.409. The van der Waals surface area contributed by atoms with Crippen molar-refractivity contribution in [2.24, 2.45) is 0 Å². The number of fused-ring (bicyclic) bond motifs is 2. The summed E-state index contributed by atoms with van der Waals surface area (Å²) in [4.78, 5) is 11.7. The maximum Gasteiger partial charge on any atom is 0.214 e. The largest absolute Gasteiger partial charge is 0.487 e. The lowest BCUT2D eigenvalue weighted by molar-refractivity contribution is -0.118. The molecule has 0 spiro atoms. The van der Waals surface area contributed by atoms with E-state index in [1.54, 1.807) is 6.26 Å². The molecule has 0 unspecified atom stereocenters. The summed E-state index contributed by atoms with van der Waals surface area (Å²) in [5, 5.41) is -0.0605. The number of rotatable bonds is 3. The lowest BCUT2D eigenvalue weighted by atomic mass is 10.3. The van der Waals surface area contributed by atoms with Crippen LogP contribution in [0.1, 0.15) is 0 Å². The van der Waals surface area contributed by atoms with Crippen molar-refractivity contribution in [1.82, 2.24) is 0 Å². The van der Waals surface area contributed by atoms with Gasteiger partial charge in [-0.15, -0.1) is 0 Å². The van der Waals surface area contributed by atoms with Gasteiger partial charge in [0.2, 0.25) is 5.12 Å². The molecule has 0 radical (unpaired) electrons. The zero-order chi connectivity index (χ0) is 21.0. The van der Waals surface area contributed by atoms with Crippen LogP contribution in [0.4, 0.5) is 0 Å². The minimum Gasteiger partial charge on any atom is -0.487 e. The van der Waals surface area contributed by atoms with Gasteiger partial charge in [0.25, 0.3) is 0 Å². The highest BCUT2D eigenvalue weighted by Crippen LogP contribution is 2.28. The number of hydrogen-bond donors (Lipinski definition) is 0. The Kier molecular flexibility index (Phi) is 9.14. The highest BCUT2D eigenvalue weighted by atomic mass is 32.2. The molecule has 0 aromatic heterocycles. The Morgan fingerprint density at radius 3 is 1.77 bits per heavy atom. The van der Waals surface area contributed by atoms with E-state index in [1.165, 1.54) is 0 Å². The number of hydrogen-bond acceptors (Lipinski definition) is 8. The molecule has 0 saturated carbocycles. The van der Waals surface area contributed by atoms with Crippen molar-refractivity contribution in [1.29, 1.82) is 0 Å². The van der Waals surface area contributed by atoms with Gasteiger partial charge in [-0.05, 0) is 30.5 Å². The lowest BCUT2D eigenvalue weighted by Crippen LogP contribution is -2.30. The predicted molar refractivity (Wildman–Crippen MR) is 114 cm³/mol. The van der Waals surface area contributed by atoms with Gasteiger partial charge >= 0.3 is 0 Å². The van der Waals surface area contributed by atoms with Gasteiger partial charge in [-0.3, -0.25) is 4.79 Å². The number of carbonyl (C=O) groups is 1. The second-order valence-corrected chi connectivity index (χ2v) is 7.20. The quantitative estimate of drug-likeness (QED) is 0.729. The molecule has 1 heterocycles. The van der Waals surface area contributed by atoms with Crippen molar-refractivity contribution in [2.75, 3.05) is 52.5 Å². The molecule has 3 rings (SSSR count). The third-order valence-electron chi connectivity index (χ3n) is 4.18. The van der Waals surface area contributed by atoms with Gasteiger partial charge in [-0.2, -0.15) is 0 Å². The summed E-state index contributed by atoms with van der Waals surface area (Å²) in [5.41, 5.74) is 0. The Labute approximate surface area is 180 Å². The SMILES string of the molecule is CSC(=O)COC1COc2ccccc2OCCOCCOc2ccccc2OC1. The van der Waals surface area contributed by atoms with Crippen LogP contribution >= 0.6 is 11.8 Å². The molecule has 30 heavy (non-hydrogen) atoms.